The molecule has 1 N–H and O–H groups in total. The second-order valence-electron chi connectivity index (χ2n) is 8.09. The summed E-state index contributed by atoms with van der Waals surface area (Å²) in [6.45, 7) is 7.92. The van der Waals surface area contributed by atoms with Gasteiger partial charge in [0.05, 0.1) is 14.2 Å². The molecule has 0 atom stereocenters. The molecule has 7 heteroatoms. The molecule has 0 bridgehead atoms. The zero-order chi connectivity index (χ0) is 23.8. The lowest BCUT2D eigenvalue weighted by Crippen LogP contribution is -2.44. The molecule has 2 aromatic carbocycles. The summed E-state index contributed by atoms with van der Waals surface area (Å²) >= 11 is 0. The van der Waals surface area contributed by atoms with Crippen molar-refractivity contribution in [3.8, 4) is 17.6 Å². The molecule has 0 aromatic heterocycles. The van der Waals surface area contributed by atoms with Crippen LogP contribution in [-0.2, 0) is 11.2 Å². The number of piperazine rings is 1. The highest BCUT2D eigenvalue weighted by Gasteiger charge is 2.19. The maximum absolute atomic E-state index is 12.5. The summed E-state index contributed by atoms with van der Waals surface area (Å²) < 4.78 is 10.6. The van der Waals surface area contributed by atoms with Gasteiger partial charge in [0.15, 0.2) is 11.5 Å². The lowest BCUT2D eigenvalue weighted by Gasteiger charge is -2.36. The van der Waals surface area contributed by atoms with Crippen molar-refractivity contribution in [1.82, 2.24) is 10.2 Å². The molecule has 1 heterocycles. The Morgan fingerprint density at radius 2 is 1.82 bits per heavy atom. The van der Waals surface area contributed by atoms with Gasteiger partial charge in [0, 0.05) is 44.6 Å². The van der Waals surface area contributed by atoms with Crippen LogP contribution in [0.4, 0.5) is 5.69 Å². The fourth-order valence-corrected chi connectivity index (χ4v) is 3.94. The van der Waals surface area contributed by atoms with E-state index in [-0.39, 0.29) is 11.5 Å². The maximum Gasteiger partial charge on any atom is 0.263 e. The molecular formula is C26H32N4O3. The Balaban J connectivity index is 1.53. The van der Waals surface area contributed by atoms with E-state index in [1.807, 2.05) is 29.2 Å². The zero-order valence-electron chi connectivity index (χ0n) is 19.9. The van der Waals surface area contributed by atoms with Crippen LogP contribution in [0.1, 0.15) is 16.7 Å². The summed E-state index contributed by atoms with van der Waals surface area (Å²) in [6, 6.07) is 14.1. The second kappa shape index (κ2) is 11.3. The van der Waals surface area contributed by atoms with Gasteiger partial charge < -0.3 is 24.6 Å². The number of ether oxygens (including phenoxy) is 2. The van der Waals surface area contributed by atoms with Gasteiger partial charge in [-0.3, -0.25) is 4.79 Å². The van der Waals surface area contributed by atoms with Crippen LogP contribution in [0, 0.1) is 25.2 Å². The van der Waals surface area contributed by atoms with Crippen molar-refractivity contribution < 1.29 is 14.3 Å². The number of aryl methyl sites for hydroxylation is 1. The van der Waals surface area contributed by atoms with Crippen molar-refractivity contribution >= 4 is 11.6 Å². The summed E-state index contributed by atoms with van der Waals surface area (Å²) in [4.78, 5) is 17.0. The number of nitrogens with one attached hydrogen (secondary N) is 1. The highest BCUT2D eigenvalue weighted by atomic mass is 16.5. The third-order valence-corrected chi connectivity index (χ3v) is 6.05. The molecule has 0 unspecified atom stereocenters. The highest BCUT2D eigenvalue weighted by molar-refractivity contribution is 5.97. The lowest BCUT2D eigenvalue weighted by molar-refractivity contribution is -0.117. The Morgan fingerprint density at radius 1 is 1.09 bits per heavy atom. The van der Waals surface area contributed by atoms with Crippen LogP contribution in [0.3, 0.4) is 0 Å². The zero-order valence-corrected chi connectivity index (χ0v) is 19.9. The monoisotopic (exact) mass is 448 g/mol. The number of carbonyl (C=O) groups is 1. The van der Waals surface area contributed by atoms with E-state index in [4.69, 9.17) is 9.47 Å². The molecule has 1 aliphatic rings. The van der Waals surface area contributed by atoms with Gasteiger partial charge in [-0.15, -0.1) is 0 Å². The van der Waals surface area contributed by atoms with Gasteiger partial charge in [0.25, 0.3) is 5.91 Å². The van der Waals surface area contributed by atoms with E-state index in [2.05, 4.69) is 42.3 Å². The predicted octanol–water partition coefficient (Wildman–Crippen LogP) is 3.21. The molecule has 7 nitrogen and oxygen atoms in total. The van der Waals surface area contributed by atoms with Crippen LogP contribution >= 0.6 is 0 Å². The molecule has 0 aliphatic carbocycles. The number of nitriles is 1. The standard InChI is InChI=1S/C26H32N4O3/c1-19-6-5-7-23(20(19)2)30-14-12-29(13-15-30)18-22(17-27)26(31)28-11-10-21-8-9-24(32-3)25(16-21)33-4/h5-9,16,18H,10-15H2,1-4H3,(H,28,31)/b22-18-. The van der Waals surface area contributed by atoms with Gasteiger partial charge >= 0.3 is 0 Å². The molecule has 0 spiro atoms. The van der Waals surface area contributed by atoms with Crippen molar-refractivity contribution in [1.29, 1.82) is 5.26 Å². The molecule has 3 rings (SSSR count). The van der Waals surface area contributed by atoms with Crippen LogP contribution in [0.25, 0.3) is 0 Å². The highest BCUT2D eigenvalue weighted by Crippen LogP contribution is 2.27. The van der Waals surface area contributed by atoms with E-state index in [1.165, 1.54) is 16.8 Å². The summed E-state index contributed by atoms with van der Waals surface area (Å²) in [6.07, 6.45) is 2.31. The Bertz CT molecular complexity index is 1050. The van der Waals surface area contributed by atoms with E-state index >= 15 is 0 Å². The molecule has 1 aliphatic heterocycles. The van der Waals surface area contributed by atoms with E-state index in [9.17, 15) is 10.1 Å². The fraction of sp³-hybridized carbons (Fsp3) is 0.385. The van der Waals surface area contributed by atoms with Crippen molar-refractivity contribution in [3.63, 3.8) is 0 Å². The first-order chi connectivity index (χ1) is 16.0. The van der Waals surface area contributed by atoms with Crippen LogP contribution in [0.5, 0.6) is 11.5 Å². The van der Waals surface area contributed by atoms with Gasteiger partial charge in [-0.25, -0.2) is 0 Å². The quantitative estimate of drug-likeness (QED) is 0.494. The first-order valence-corrected chi connectivity index (χ1v) is 11.1. The van der Waals surface area contributed by atoms with Crippen LogP contribution < -0.4 is 19.7 Å². The topological polar surface area (TPSA) is 77.8 Å². The number of benzene rings is 2. The fourth-order valence-electron chi connectivity index (χ4n) is 3.94. The largest absolute Gasteiger partial charge is 0.493 e. The van der Waals surface area contributed by atoms with Gasteiger partial charge in [-0.05, 0) is 55.2 Å². The molecular weight excluding hydrogens is 416 g/mol. The van der Waals surface area contributed by atoms with E-state index < -0.39 is 0 Å². The van der Waals surface area contributed by atoms with Gasteiger partial charge in [-0.2, -0.15) is 5.26 Å². The van der Waals surface area contributed by atoms with E-state index in [1.54, 1.807) is 20.4 Å². The van der Waals surface area contributed by atoms with Crippen molar-refractivity contribution in [2.45, 2.75) is 20.3 Å². The average molecular weight is 449 g/mol. The molecule has 33 heavy (non-hydrogen) atoms. The van der Waals surface area contributed by atoms with Gasteiger partial charge in [0.1, 0.15) is 11.6 Å². The number of hydrogen-bond acceptors (Lipinski definition) is 6. The molecule has 174 valence electrons. The number of amides is 1. The number of methoxy groups -OCH3 is 2. The number of rotatable bonds is 8. The number of carbonyl (C=O) groups excluding carboxylic acids is 1. The first kappa shape index (κ1) is 24.0. The molecule has 0 saturated carbocycles. The summed E-state index contributed by atoms with van der Waals surface area (Å²) in [5, 5.41) is 12.4. The smallest absolute Gasteiger partial charge is 0.263 e. The number of nitrogens with zero attached hydrogens (tertiary/aromatic N) is 3. The predicted molar refractivity (Wildman–Crippen MR) is 130 cm³/mol. The Kier molecular flexibility index (Phi) is 8.20. The first-order valence-electron chi connectivity index (χ1n) is 11.1. The van der Waals surface area contributed by atoms with Crippen molar-refractivity contribution in [2.24, 2.45) is 0 Å². The Hall–Kier alpha value is -3.66. The minimum absolute atomic E-state index is 0.127. The lowest BCUT2D eigenvalue weighted by atomic mass is 10.1. The second-order valence-corrected chi connectivity index (χ2v) is 8.09. The van der Waals surface area contributed by atoms with Crippen LogP contribution in [-0.4, -0.2) is 57.8 Å². The molecule has 2 aromatic rings. The van der Waals surface area contributed by atoms with E-state index in [0.717, 1.165) is 31.7 Å². The van der Waals surface area contributed by atoms with Crippen LogP contribution in [0.2, 0.25) is 0 Å². The van der Waals surface area contributed by atoms with E-state index in [0.29, 0.717) is 24.5 Å². The van der Waals surface area contributed by atoms with Crippen molar-refractivity contribution in [2.75, 3.05) is 51.8 Å². The minimum Gasteiger partial charge on any atom is -0.493 e. The Morgan fingerprint density at radius 3 is 2.48 bits per heavy atom. The van der Waals surface area contributed by atoms with Crippen LogP contribution in [0.15, 0.2) is 48.2 Å². The molecule has 0 radical (unpaired) electrons. The summed E-state index contributed by atoms with van der Waals surface area (Å²) in [5.74, 6) is 0.964. The van der Waals surface area contributed by atoms with Gasteiger partial charge in [0.2, 0.25) is 0 Å². The Labute approximate surface area is 196 Å². The summed E-state index contributed by atoms with van der Waals surface area (Å²) in [7, 11) is 3.19. The maximum atomic E-state index is 12.5. The van der Waals surface area contributed by atoms with Crippen molar-refractivity contribution in [3.05, 3.63) is 64.9 Å². The normalized spacial score (nSPS) is 14.0. The number of anilines is 1. The van der Waals surface area contributed by atoms with Gasteiger partial charge in [-0.1, -0.05) is 18.2 Å². The molecule has 1 amide bonds. The third-order valence-electron chi connectivity index (χ3n) is 6.05. The number of hydrogen-bond donors (Lipinski definition) is 1. The third kappa shape index (κ3) is 5.98. The molecule has 1 fully saturated rings. The average Bonchev–Trinajstić information content (AvgIpc) is 2.84. The summed E-state index contributed by atoms with van der Waals surface area (Å²) in [5.41, 5.74) is 4.98. The minimum atomic E-state index is -0.352. The molecule has 1 saturated heterocycles. The SMILES string of the molecule is COc1ccc(CCNC(=O)/C(C#N)=C\N2CCN(c3cccc(C)c3C)CC2)cc1OC.